The predicted molar refractivity (Wildman–Crippen MR) is 169 cm³/mol. The van der Waals surface area contributed by atoms with Gasteiger partial charge < -0.3 is 24.8 Å². The van der Waals surface area contributed by atoms with Crippen LogP contribution in [0.4, 0.5) is 4.39 Å². The molecule has 0 saturated heterocycles. The molecule has 1 aromatic carbocycles. The number of nitrogens with one attached hydrogen (secondary N) is 2. The van der Waals surface area contributed by atoms with Crippen molar-refractivity contribution < 1.29 is 23.4 Å². The molecule has 1 unspecified atom stereocenters. The van der Waals surface area contributed by atoms with E-state index in [9.17, 15) is 4.79 Å². The van der Waals surface area contributed by atoms with Gasteiger partial charge in [0.05, 0.1) is 26.1 Å². The van der Waals surface area contributed by atoms with Gasteiger partial charge in [-0.1, -0.05) is 75.3 Å². The van der Waals surface area contributed by atoms with Crippen LogP contribution in [0.2, 0.25) is 0 Å². The Morgan fingerprint density at radius 1 is 1.17 bits per heavy atom. The van der Waals surface area contributed by atoms with Crippen LogP contribution in [0.3, 0.4) is 0 Å². The van der Waals surface area contributed by atoms with E-state index in [4.69, 9.17) is 14.2 Å². The molecule has 1 aliphatic carbocycles. The number of hydrogen-bond donors (Lipinski definition) is 2. The van der Waals surface area contributed by atoms with Crippen molar-refractivity contribution in [2.24, 2.45) is 0 Å². The van der Waals surface area contributed by atoms with E-state index in [1.165, 1.54) is 56.6 Å². The topological polar surface area (TPSA) is 68.8 Å². The molecule has 234 valence electrons. The number of halogens is 1. The number of hydrogen-bond acceptors (Lipinski definition) is 5. The van der Waals surface area contributed by atoms with Crippen LogP contribution in [0, 0.1) is 11.8 Å². The van der Waals surface area contributed by atoms with Crippen LogP contribution in [0.25, 0.3) is 0 Å². The van der Waals surface area contributed by atoms with Crippen molar-refractivity contribution >= 4 is 5.91 Å². The van der Waals surface area contributed by atoms with Gasteiger partial charge in [0.15, 0.2) is 5.67 Å². The maximum absolute atomic E-state index is 15.0. The third-order valence-corrected chi connectivity index (χ3v) is 7.71. The Morgan fingerprint density at radius 2 is 1.90 bits per heavy atom. The fourth-order valence-electron chi connectivity index (χ4n) is 5.26. The third-order valence-electron chi connectivity index (χ3n) is 7.71. The van der Waals surface area contributed by atoms with Gasteiger partial charge in [-0.25, -0.2) is 4.39 Å². The zero-order valence-corrected chi connectivity index (χ0v) is 26.7. The Kier molecular flexibility index (Phi) is 15.9. The highest BCUT2D eigenvalue weighted by Crippen LogP contribution is 2.38. The molecule has 1 amide bonds. The van der Waals surface area contributed by atoms with Crippen LogP contribution < -0.4 is 10.6 Å². The zero-order valence-electron chi connectivity index (χ0n) is 26.7. The number of methoxy groups -OCH3 is 1. The van der Waals surface area contributed by atoms with Crippen LogP contribution in [0.15, 0.2) is 48.3 Å². The Labute approximate surface area is 253 Å². The lowest BCUT2D eigenvalue weighted by Crippen LogP contribution is -2.46. The molecule has 0 aromatic heterocycles. The molecule has 0 radical (unpaired) electrons. The quantitative estimate of drug-likeness (QED) is 0.121. The lowest BCUT2D eigenvalue weighted by Gasteiger charge is -2.40. The van der Waals surface area contributed by atoms with E-state index < -0.39 is 5.67 Å². The number of alkyl halides is 1. The molecule has 2 rings (SSSR count). The van der Waals surface area contributed by atoms with Gasteiger partial charge in [0.2, 0.25) is 5.91 Å². The molecule has 1 aromatic rings. The van der Waals surface area contributed by atoms with Crippen molar-refractivity contribution in [2.45, 2.75) is 103 Å². The number of rotatable bonds is 17. The van der Waals surface area contributed by atoms with E-state index in [0.717, 1.165) is 31.4 Å². The Bertz CT molecular complexity index is 1060. The summed E-state index contributed by atoms with van der Waals surface area (Å²) in [5, 5.41) is 7.00. The first kappa shape index (κ1) is 35.5. The summed E-state index contributed by atoms with van der Waals surface area (Å²) >= 11 is 0. The molecule has 0 aliphatic heterocycles. The van der Waals surface area contributed by atoms with Crippen molar-refractivity contribution in [1.29, 1.82) is 0 Å². The summed E-state index contributed by atoms with van der Waals surface area (Å²) < 4.78 is 30.6. The minimum atomic E-state index is -1.85. The highest BCUT2D eigenvalue weighted by molar-refractivity contribution is 5.73. The van der Waals surface area contributed by atoms with Crippen LogP contribution >= 0.6 is 0 Å². The Morgan fingerprint density at radius 3 is 2.57 bits per heavy atom. The summed E-state index contributed by atoms with van der Waals surface area (Å²) in [4.78, 5) is 12.1. The second kappa shape index (κ2) is 18.8. The predicted octanol–water partition coefficient (Wildman–Crippen LogP) is 6.72. The minimum absolute atomic E-state index is 0.0480. The van der Waals surface area contributed by atoms with Crippen LogP contribution in [0.1, 0.15) is 96.6 Å². The fraction of sp³-hybridized carbons (Fsp3) is 0.629. The van der Waals surface area contributed by atoms with E-state index in [0.29, 0.717) is 38.8 Å². The Hall–Kier alpha value is -2.66. The van der Waals surface area contributed by atoms with Crippen LogP contribution in [-0.4, -0.2) is 57.7 Å². The zero-order chi connectivity index (χ0) is 30.8. The van der Waals surface area contributed by atoms with Crippen molar-refractivity contribution in [3.63, 3.8) is 0 Å². The van der Waals surface area contributed by atoms with Gasteiger partial charge in [-0.2, -0.15) is 0 Å². The standard InChI is InChI=1S/C35H53FN2O4/c1-7-30(14-18-34(5,36)19-21-41-24-25-42-23-22-40-6)26-33(38-29(4)39)15-20-37-35(16-9-8-10-17-35)32-13-11-12-31(27-32)28(2)3/h7,11-13,19,21,27-28,33,37H,8-10,15-17,20,22-26H2,1-6H3,(H,38,39)/b21-19+,30-7+/t33-,34?/m1/s1. The SMILES string of the molecule is C/C=C(\C#CC(C)(F)/C=C/OCCOCCOC)C[C@@H](CCNC1(c2cccc(C(C)C)c2)CCCCC1)NC(C)=O. The van der Waals surface area contributed by atoms with E-state index in [-0.39, 0.29) is 17.5 Å². The minimum Gasteiger partial charge on any atom is -0.499 e. The number of allylic oxidation sites excluding steroid dienone is 2. The first-order chi connectivity index (χ1) is 20.1. The van der Waals surface area contributed by atoms with E-state index in [2.05, 4.69) is 60.6 Å². The Balaban J connectivity index is 2.00. The van der Waals surface area contributed by atoms with Crippen LogP contribution in [-0.2, 0) is 24.5 Å². The van der Waals surface area contributed by atoms with Crippen molar-refractivity contribution in [3.8, 4) is 11.8 Å². The van der Waals surface area contributed by atoms with Gasteiger partial charge >= 0.3 is 0 Å². The van der Waals surface area contributed by atoms with Crippen LogP contribution in [0.5, 0.6) is 0 Å². The first-order valence-corrected chi connectivity index (χ1v) is 15.5. The molecule has 1 saturated carbocycles. The first-order valence-electron chi connectivity index (χ1n) is 15.5. The average Bonchev–Trinajstić information content (AvgIpc) is 2.96. The largest absolute Gasteiger partial charge is 0.499 e. The molecule has 1 fully saturated rings. The summed E-state index contributed by atoms with van der Waals surface area (Å²) in [6, 6.07) is 8.90. The second-order valence-electron chi connectivity index (χ2n) is 11.7. The summed E-state index contributed by atoms with van der Waals surface area (Å²) in [5.41, 5.74) is 1.61. The fourth-order valence-corrected chi connectivity index (χ4v) is 5.26. The molecule has 0 heterocycles. The van der Waals surface area contributed by atoms with Crippen molar-refractivity contribution in [2.75, 3.05) is 40.1 Å². The third kappa shape index (κ3) is 13.1. The monoisotopic (exact) mass is 584 g/mol. The second-order valence-corrected chi connectivity index (χ2v) is 11.7. The molecular formula is C35H53FN2O4. The number of benzene rings is 1. The number of amides is 1. The number of ether oxygens (including phenoxy) is 3. The van der Waals surface area contributed by atoms with Gasteiger partial charge in [-0.05, 0) is 68.3 Å². The lowest BCUT2D eigenvalue weighted by molar-refractivity contribution is -0.119. The van der Waals surface area contributed by atoms with Gasteiger partial charge in [0, 0.05) is 32.0 Å². The molecule has 6 nitrogen and oxygen atoms in total. The molecule has 0 bridgehead atoms. The maximum Gasteiger partial charge on any atom is 0.217 e. The molecule has 0 spiro atoms. The summed E-state index contributed by atoms with van der Waals surface area (Å²) in [6.45, 7) is 11.8. The van der Waals surface area contributed by atoms with Gasteiger partial charge in [-0.15, -0.1) is 0 Å². The smallest absolute Gasteiger partial charge is 0.217 e. The number of carbonyl (C=O) groups is 1. The van der Waals surface area contributed by atoms with Crippen molar-refractivity contribution in [3.05, 3.63) is 59.4 Å². The average molecular weight is 585 g/mol. The van der Waals surface area contributed by atoms with E-state index in [1.54, 1.807) is 7.11 Å². The molecule has 1 aliphatic rings. The molecule has 2 N–H and O–H groups in total. The summed E-state index contributed by atoms with van der Waals surface area (Å²) in [6.07, 6.45) is 11.7. The van der Waals surface area contributed by atoms with Crippen molar-refractivity contribution in [1.82, 2.24) is 10.6 Å². The molecule has 42 heavy (non-hydrogen) atoms. The van der Waals surface area contributed by atoms with Gasteiger partial charge in [0.1, 0.15) is 6.61 Å². The normalized spacial score (nSPS) is 17.4. The number of carbonyl (C=O) groups excluding carboxylic acids is 1. The van der Waals surface area contributed by atoms with E-state index >= 15 is 4.39 Å². The molecule has 7 heteroatoms. The molecular weight excluding hydrogens is 531 g/mol. The van der Waals surface area contributed by atoms with Gasteiger partial charge in [-0.3, -0.25) is 4.79 Å². The highest BCUT2D eigenvalue weighted by atomic mass is 19.1. The van der Waals surface area contributed by atoms with E-state index in [1.807, 2.05) is 13.0 Å². The summed E-state index contributed by atoms with van der Waals surface area (Å²) in [7, 11) is 1.61. The highest BCUT2D eigenvalue weighted by Gasteiger charge is 2.33. The molecule has 2 atom stereocenters. The lowest BCUT2D eigenvalue weighted by atomic mass is 9.75. The van der Waals surface area contributed by atoms with Gasteiger partial charge in [0.25, 0.3) is 0 Å². The summed E-state index contributed by atoms with van der Waals surface area (Å²) in [5.74, 6) is 6.11. The maximum atomic E-state index is 15.0.